The van der Waals surface area contributed by atoms with Gasteiger partial charge in [0, 0.05) is 0 Å². The molecule has 0 saturated heterocycles. The van der Waals surface area contributed by atoms with Crippen molar-refractivity contribution in [2.24, 2.45) is 0 Å². The SMILES string of the molecule is Cc1ccc(NC(=O)COC(=O)c2cc(F)ccc2Cl)c(Cl)c1. The van der Waals surface area contributed by atoms with E-state index >= 15 is 0 Å². The average Bonchev–Trinajstić information content (AvgIpc) is 2.50. The maximum atomic E-state index is 13.1. The molecule has 23 heavy (non-hydrogen) atoms. The minimum absolute atomic E-state index is 0.0402. The molecule has 0 bridgehead atoms. The molecule has 1 N–H and O–H groups in total. The van der Waals surface area contributed by atoms with Gasteiger partial charge in [0.25, 0.3) is 5.91 Å². The molecule has 0 aliphatic carbocycles. The highest BCUT2D eigenvalue weighted by atomic mass is 35.5. The van der Waals surface area contributed by atoms with Crippen molar-refractivity contribution in [3.8, 4) is 0 Å². The van der Waals surface area contributed by atoms with Crippen LogP contribution in [0.5, 0.6) is 0 Å². The summed E-state index contributed by atoms with van der Waals surface area (Å²) in [6, 6.07) is 8.40. The Labute approximate surface area is 142 Å². The molecule has 0 aromatic heterocycles. The Morgan fingerprint density at radius 3 is 2.57 bits per heavy atom. The first-order valence-corrected chi connectivity index (χ1v) is 7.30. The summed E-state index contributed by atoms with van der Waals surface area (Å²) >= 11 is 11.8. The van der Waals surface area contributed by atoms with Crippen LogP contribution in [-0.2, 0) is 9.53 Å². The predicted octanol–water partition coefficient (Wildman–Crippen LogP) is 4.24. The minimum atomic E-state index is -0.889. The summed E-state index contributed by atoms with van der Waals surface area (Å²) in [7, 11) is 0. The number of esters is 1. The molecule has 0 heterocycles. The molecule has 1 amide bonds. The molecule has 0 aliphatic heterocycles. The summed E-state index contributed by atoms with van der Waals surface area (Å²) in [6.45, 7) is 1.32. The van der Waals surface area contributed by atoms with Crippen LogP contribution < -0.4 is 5.32 Å². The van der Waals surface area contributed by atoms with Gasteiger partial charge >= 0.3 is 5.97 Å². The smallest absolute Gasteiger partial charge is 0.340 e. The lowest BCUT2D eigenvalue weighted by Crippen LogP contribution is -2.21. The number of hydrogen-bond acceptors (Lipinski definition) is 3. The van der Waals surface area contributed by atoms with E-state index in [9.17, 15) is 14.0 Å². The standard InChI is InChI=1S/C16H12Cl2FNO3/c1-9-2-5-14(13(18)6-9)20-15(21)8-23-16(22)11-7-10(19)3-4-12(11)17/h2-7H,8H2,1H3,(H,20,21). The van der Waals surface area contributed by atoms with Gasteiger partial charge < -0.3 is 10.1 Å². The minimum Gasteiger partial charge on any atom is -0.452 e. The van der Waals surface area contributed by atoms with Gasteiger partial charge in [-0.25, -0.2) is 9.18 Å². The van der Waals surface area contributed by atoms with Gasteiger partial charge in [0.1, 0.15) is 5.82 Å². The molecule has 0 unspecified atom stereocenters. The highest BCUT2D eigenvalue weighted by Crippen LogP contribution is 2.22. The topological polar surface area (TPSA) is 55.4 Å². The summed E-state index contributed by atoms with van der Waals surface area (Å²) in [5, 5.41) is 2.93. The Kier molecular flexibility index (Phi) is 5.58. The Morgan fingerprint density at radius 2 is 1.87 bits per heavy atom. The molecule has 0 atom stereocenters. The summed E-state index contributed by atoms with van der Waals surface area (Å²) < 4.78 is 17.9. The van der Waals surface area contributed by atoms with Gasteiger partial charge in [-0.1, -0.05) is 29.3 Å². The van der Waals surface area contributed by atoms with E-state index in [1.807, 2.05) is 6.92 Å². The Balaban J connectivity index is 1.96. The summed E-state index contributed by atoms with van der Waals surface area (Å²) in [5.41, 5.74) is 1.20. The lowest BCUT2D eigenvalue weighted by molar-refractivity contribution is -0.119. The fourth-order valence-electron chi connectivity index (χ4n) is 1.77. The maximum absolute atomic E-state index is 13.1. The van der Waals surface area contributed by atoms with Crippen molar-refractivity contribution in [1.82, 2.24) is 0 Å². The lowest BCUT2D eigenvalue weighted by atomic mass is 10.2. The van der Waals surface area contributed by atoms with Crippen LogP contribution in [0.4, 0.5) is 10.1 Å². The van der Waals surface area contributed by atoms with Gasteiger partial charge in [0.05, 0.1) is 21.3 Å². The molecular weight excluding hydrogens is 344 g/mol. The van der Waals surface area contributed by atoms with Crippen molar-refractivity contribution < 1.29 is 18.7 Å². The second-order valence-corrected chi connectivity index (χ2v) is 5.55. The van der Waals surface area contributed by atoms with E-state index in [1.54, 1.807) is 18.2 Å². The van der Waals surface area contributed by atoms with Crippen molar-refractivity contribution >= 4 is 40.8 Å². The monoisotopic (exact) mass is 355 g/mol. The molecular formula is C16H12Cl2FNO3. The quantitative estimate of drug-likeness (QED) is 0.834. The number of halogens is 3. The van der Waals surface area contributed by atoms with Crippen molar-refractivity contribution in [3.63, 3.8) is 0 Å². The maximum Gasteiger partial charge on any atom is 0.340 e. The van der Waals surface area contributed by atoms with Crippen LogP contribution in [0.25, 0.3) is 0 Å². The third-order valence-corrected chi connectivity index (χ3v) is 3.52. The summed E-state index contributed by atoms with van der Waals surface area (Å²) in [6.07, 6.45) is 0. The first kappa shape index (κ1) is 17.2. The van der Waals surface area contributed by atoms with E-state index in [-0.39, 0.29) is 10.6 Å². The Hall–Kier alpha value is -2.11. The fraction of sp³-hybridized carbons (Fsp3) is 0.125. The van der Waals surface area contributed by atoms with Gasteiger partial charge in [0.2, 0.25) is 0 Å². The van der Waals surface area contributed by atoms with Gasteiger partial charge in [-0.3, -0.25) is 4.79 Å². The molecule has 2 rings (SSSR count). The van der Waals surface area contributed by atoms with E-state index in [0.717, 1.165) is 17.7 Å². The number of rotatable bonds is 4. The highest BCUT2D eigenvalue weighted by molar-refractivity contribution is 6.34. The number of hydrogen-bond donors (Lipinski definition) is 1. The zero-order valence-corrected chi connectivity index (χ0v) is 13.5. The van der Waals surface area contributed by atoms with Crippen LogP contribution >= 0.6 is 23.2 Å². The van der Waals surface area contributed by atoms with Gasteiger partial charge in [0.15, 0.2) is 6.61 Å². The van der Waals surface area contributed by atoms with Crippen LogP contribution in [0.1, 0.15) is 15.9 Å². The van der Waals surface area contributed by atoms with Gasteiger partial charge in [-0.15, -0.1) is 0 Å². The van der Waals surface area contributed by atoms with E-state index in [0.29, 0.717) is 10.7 Å². The Morgan fingerprint density at radius 1 is 1.13 bits per heavy atom. The number of carbonyl (C=O) groups is 2. The molecule has 4 nitrogen and oxygen atoms in total. The number of carbonyl (C=O) groups excluding carboxylic acids is 2. The molecule has 0 radical (unpaired) electrons. The van der Waals surface area contributed by atoms with E-state index in [1.165, 1.54) is 6.07 Å². The first-order chi connectivity index (χ1) is 10.9. The zero-order valence-electron chi connectivity index (χ0n) is 12.0. The predicted molar refractivity (Wildman–Crippen MR) is 86.5 cm³/mol. The molecule has 0 spiro atoms. The number of ether oxygens (including phenoxy) is 1. The molecule has 0 fully saturated rings. The van der Waals surface area contributed by atoms with E-state index in [4.69, 9.17) is 27.9 Å². The van der Waals surface area contributed by atoms with Crippen molar-refractivity contribution in [2.75, 3.05) is 11.9 Å². The number of nitrogens with one attached hydrogen (secondary N) is 1. The molecule has 0 aliphatic rings. The number of amides is 1. The molecule has 0 saturated carbocycles. The van der Waals surface area contributed by atoms with E-state index < -0.39 is 24.3 Å². The average molecular weight is 356 g/mol. The number of aryl methyl sites for hydroxylation is 1. The third kappa shape index (κ3) is 4.68. The van der Waals surface area contributed by atoms with Crippen molar-refractivity contribution in [2.45, 2.75) is 6.92 Å². The third-order valence-electron chi connectivity index (χ3n) is 2.88. The number of benzene rings is 2. The van der Waals surface area contributed by atoms with Gasteiger partial charge in [-0.05, 0) is 42.8 Å². The Bertz CT molecular complexity index is 765. The molecule has 120 valence electrons. The van der Waals surface area contributed by atoms with Crippen molar-refractivity contribution in [1.29, 1.82) is 0 Å². The first-order valence-electron chi connectivity index (χ1n) is 6.55. The molecule has 2 aromatic rings. The van der Waals surface area contributed by atoms with Crippen LogP contribution in [0, 0.1) is 12.7 Å². The zero-order chi connectivity index (χ0) is 17.0. The normalized spacial score (nSPS) is 10.3. The fourth-order valence-corrected chi connectivity index (χ4v) is 2.25. The molecule has 7 heteroatoms. The summed E-state index contributed by atoms with van der Waals surface area (Å²) in [4.78, 5) is 23.6. The van der Waals surface area contributed by atoms with Crippen LogP contribution in [0.15, 0.2) is 36.4 Å². The largest absolute Gasteiger partial charge is 0.452 e. The number of anilines is 1. The summed E-state index contributed by atoms with van der Waals surface area (Å²) in [5.74, 6) is -2.09. The van der Waals surface area contributed by atoms with Crippen LogP contribution in [-0.4, -0.2) is 18.5 Å². The van der Waals surface area contributed by atoms with Crippen LogP contribution in [0.3, 0.4) is 0 Å². The van der Waals surface area contributed by atoms with Crippen LogP contribution in [0.2, 0.25) is 10.0 Å². The second kappa shape index (κ2) is 7.44. The highest BCUT2D eigenvalue weighted by Gasteiger charge is 2.15. The van der Waals surface area contributed by atoms with Gasteiger partial charge in [-0.2, -0.15) is 0 Å². The second-order valence-electron chi connectivity index (χ2n) is 4.73. The van der Waals surface area contributed by atoms with Crippen molar-refractivity contribution in [3.05, 3.63) is 63.4 Å². The van der Waals surface area contributed by atoms with E-state index in [2.05, 4.69) is 5.32 Å². The lowest BCUT2D eigenvalue weighted by Gasteiger charge is -2.09. The molecule has 2 aromatic carbocycles.